The normalized spacial score (nSPS) is 11.7. The van der Waals surface area contributed by atoms with Crippen molar-refractivity contribution in [1.29, 1.82) is 0 Å². The third-order valence-corrected chi connectivity index (χ3v) is 1.62. The van der Waals surface area contributed by atoms with Crippen molar-refractivity contribution in [1.82, 2.24) is 9.55 Å². The van der Waals surface area contributed by atoms with Gasteiger partial charge >= 0.3 is 12.3 Å². The minimum atomic E-state index is -4.74. The number of aromatic nitrogens is 2. The summed E-state index contributed by atoms with van der Waals surface area (Å²) < 4.78 is 36.8. The van der Waals surface area contributed by atoms with E-state index in [1.807, 2.05) is 0 Å². The first-order chi connectivity index (χ1) is 6.38. The molecule has 0 fully saturated rings. The standard InChI is InChI=1S/C7H7F3N2O2/c1-2-5-11-3-4(6(13)14)12(5)7(8,9)10/h3H,2H2,1H3,(H,13,14). The highest BCUT2D eigenvalue weighted by atomic mass is 19.4. The second kappa shape index (κ2) is 3.32. The molecule has 0 aliphatic rings. The minimum absolute atomic E-state index is 0.0206. The molecule has 1 N–H and O–H groups in total. The van der Waals surface area contributed by atoms with Crippen LogP contribution in [0.1, 0.15) is 23.2 Å². The largest absolute Gasteiger partial charge is 0.490 e. The average Bonchev–Trinajstić information content (AvgIpc) is 2.45. The van der Waals surface area contributed by atoms with Crippen molar-refractivity contribution in [2.24, 2.45) is 0 Å². The number of aryl methyl sites for hydroxylation is 1. The predicted octanol–water partition coefficient (Wildman–Crippen LogP) is 1.62. The molecule has 0 aliphatic carbocycles. The third kappa shape index (κ3) is 1.70. The molecule has 1 aromatic heterocycles. The van der Waals surface area contributed by atoms with Crippen molar-refractivity contribution in [3.63, 3.8) is 0 Å². The molecule has 0 radical (unpaired) electrons. The van der Waals surface area contributed by atoms with Crippen LogP contribution in [0.15, 0.2) is 6.20 Å². The summed E-state index contributed by atoms with van der Waals surface area (Å²) in [6.45, 7) is 1.47. The molecule has 0 saturated heterocycles. The van der Waals surface area contributed by atoms with E-state index in [2.05, 4.69) is 4.98 Å². The highest BCUT2D eigenvalue weighted by Crippen LogP contribution is 2.26. The number of carboxylic acids is 1. The van der Waals surface area contributed by atoms with Crippen LogP contribution in [0.2, 0.25) is 0 Å². The lowest BCUT2D eigenvalue weighted by molar-refractivity contribution is -0.206. The third-order valence-electron chi connectivity index (χ3n) is 1.62. The van der Waals surface area contributed by atoms with E-state index < -0.39 is 18.0 Å². The van der Waals surface area contributed by atoms with Crippen molar-refractivity contribution in [2.75, 3.05) is 0 Å². The lowest BCUT2D eigenvalue weighted by Gasteiger charge is -2.11. The highest BCUT2D eigenvalue weighted by molar-refractivity contribution is 5.85. The van der Waals surface area contributed by atoms with Gasteiger partial charge in [-0.1, -0.05) is 6.92 Å². The molecular weight excluding hydrogens is 201 g/mol. The summed E-state index contributed by atoms with van der Waals surface area (Å²) in [4.78, 5) is 13.8. The zero-order valence-electron chi connectivity index (χ0n) is 7.17. The lowest BCUT2D eigenvalue weighted by Crippen LogP contribution is -2.23. The Balaban J connectivity index is 3.34. The maximum Gasteiger partial charge on any atom is 0.490 e. The van der Waals surface area contributed by atoms with Crippen LogP contribution in [0.3, 0.4) is 0 Å². The van der Waals surface area contributed by atoms with E-state index in [4.69, 9.17) is 5.11 Å². The molecule has 0 saturated carbocycles. The van der Waals surface area contributed by atoms with E-state index in [1.165, 1.54) is 6.92 Å². The molecule has 78 valence electrons. The van der Waals surface area contributed by atoms with Crippen LogP contribution in [0.5, 0.6) is 0 Å². The van der Waals surface area contributed by atoms with Gasteiger partial charge in [-0.05, 0) is 0 Å². The van der Waals surface area contributed by atoms with Crippen LogP contribution in [-0.2, 0) is 12.7 Å². The van der Waals surface area contributed by atoms with Crippen LogP contribution in [0.4, 0.5) is 13.2 Å². The van der Waals surface area contributed by atoms with Crippen molar-refractivity contribution >= 4 is 5.97 Å². The van der Waals surface area contributed by atoms with Gasteiger partial charge in [-0.2, -0.15) is 0 Å². The van der Waals surface area contributed by atoms with Crippen molar-refractivity contribution in [3.05, 3.63) is 17.7 Å². The SMILES string of the molecule is CCc1ncc(C(=O)O)n1C(F)(F)F. The van der Waals surface area contributed by atoms with Crippen LogP contribution >= 0.6 is 0 Å². The minimum Gasteiger partial charge on any atom is -0.477 e. The van der Waals surface area contributed by atoms with Crippen LogP contribution in [0, 0.1) is 0 Å². The van der Waals surface area contributed by atoms with Crippen molar-refractivity contribution in [2.45, 2.75) is 19.6 Å². The zero-order chi connectivity index (χ0) is 10.9. The molecule has 0 unspecified atom stereocenters. The Labute approximate surface area is 77.0 Å². The number of halogens is 3. The van der Waals surface area contributed by atoms with Crippen LogP contribution in [-0.4, -0.2) is 20.6 Å². The Hall–Kier alpha value is -1.53. The van der Waals surface area contributed by atoms with Gasteiger partial charge in [0.05, 0.1) is 6.20 Å². The summed E-state index contributed by atoms with van der Waals surface area (Å²) >= 11 is 0. The first-order valence-corrected chi connectivity index (χ1v) is 3.75. The molecule has 4 nitrogen and oxygen atoms in total. The Kier molecular flexibility index (Phi) is 2.50. The maximum atomic E-state index is 12.3. The summed E-state index contributed by atoms with van der Waals surface area (Å²) in [5, 5.41) is 8.48. The van der Waals surface area contributed by atoms with E-state index in [0.717, 1.165) is 0 Å². The van der Waals surface area contributed by atoms with Gasteiger partial charge in [0.2, 0.25) is 0 Å². The number of rotatable bonds is 2. The van der Waals surface area contributed by atoms with Gasteiger partial charge in [0.25, 0.3) is 0 Å². The van der Waals surface area contributed by atoms with Gasteiger partial charge in [-0.3, -0.25) is 0 Å². The maximum absolute atomic E-state index is 12.3. The number of hydrogen-bond acceptors (Lipinski definition) is 2. The molecular formula is C7H7F3N2O2. The molecule has 7 heteroatoms. The molecule has 1 rings (SSSR count). The van der Waals surface area contributed by atoms with Gasteiger partial charge in [-0.25, -0.2) is 14.3 Å². The Bertz CT molecular complexity index is 356. The molecule has 1 heterocycles. The van der Waals surface area contributed by atoms with E-state index in [0.29, 0.717) is 6.20 Å². The monoisotopic (exact) mass is 208 g/mol. The van der Waals surface area contributed by atoms with Crippen LogP contribution in [0.25, 0.3) is 0 Å². The molecule has 0 aliphatic heterocycles. The topological polar surface area (TPSA) is 55.1 Å². The number of aromatic carboxylic acids is 1. The summed E-state index contributed by atoms with van der Waals surface area (Å²) in [6.07, 6.45) is -4.02. The van der Waals surface area contributed by atoms with Crippen LogP contribution < -0.4 is 0 Å². The number of imidazole rings is 1. The van der Waals surface area contributed by atoms with E-state index in [9.17, 15) is 18.0 Å². The van der Waals surface area contributed by atoms with Gasteiger partial charge in [0.15, 0.2) is 5.69 Å². The second-order valence-electron chi connectivity index (χ2n) is 2.52. The Morgan fingerprint density at radius 2 is 2.21 bits per heavy atom. The molecule has 0 amide bonds. The molecule has 0 spiro atoms. The number of nitrogens with zero attached hydrogens (tertiary/aromatic N) is 2. The Morgan fingerprint density at radius 1 is 1.64 bits per heavy atom. The van der Waals surface area contributed by atoms with Gasteiger partial charge in [0.1, 0.15) is 5.82 Å². The summed E-state index contributed by atoms with van der Waals surface area (Å²) in [5.74, 6) is -1.95. The molecule has 0 aromatic carbocycles. The molecule has 0 bridgehead atoms. The van der Waals surface area contributed by atoms with E-state index in [1.54, 1.807) is 0 Å². The lowest BCUT2D eigenvalue weighted by atomic mass is 10.4. The fraction of sp³-hybridized carbons (Fsp3) is 0.429. The number of alkyl halides is 3. The van der Waals surface area contributed by atoms with Gasteiger partial charge in [-0.15, -0.1) is 13.2 Å². The molecule has 1 aromatic rings. The Morgan fingerprint density at radius 3 is 2.57 bits per heavy atom. The first-order valence-electron chi connectivity index (χ1n) is 3.75. The number of carboxylic acid groups (broad SMARTS) is 1. The average molecular weight is 208 g/mol. The van der Waals surface area contributed by atoms with Crippen molar-refractivity contribution < 1.29 is 23.1 Å². The predicted molar refractivity (Wildman–Crippen MR) is 39.9 cm³/mol. The van der Waals surface area contributed by atoms with E-state index >= 15 is 0 Å². The smallest absolute Gasteiger partial charge is 0.477 e. The van der Waals surface area contributed by atoms with E-state index in [-0.39, 0.29) is 16.8 Å². The fourth-order valence-electron chi connectivity index (χ4n) is 1.07. The summed E-state index contributed by atoms with van der Waals surface area (Å²) in [6, 6.07) is 0. The summed E-state index contributed by atoms with van der Waals surface area (Å²) in [5.41, 5.74) is -0.866. The van der Waals surface area contributed by atoms with Gasteiger partial charge < -0.3 is 5.11 Å². The molecule has 0 atom stereocenters. The second-order valence-corrected chi connectivity index (χ2v) is 2.52. The summed E-state index contributed by atoms with van der Waals surface area (Å²) in [7, 11) is 0. The number of carbonyl (C=O) groups is 1. The zero-order valence-corrected chi connectivity index (χ0v) is 7.17. The fourth-order valence-corrected chi connectivity index (χ4v) is 1.07. The molecule has 14 heavy (non-hydrogen) atoms. The first kappa shape index (κ1) is 10.6. The number of hydrogen-bond donors (Lipinski definition) is 1. The van der Waals surface area contributed by atoms with Crippen molar-refractivity contribution in [3.8, 4) is 0 Å². The van der Waals surface area contributed by atoms with Gasteiger partial charge in [0, 0.05) is 6.42 Å². The quantitative estimate of drug-likeness (QED) is 0.803. The highest BCUT2D eigenvalue weighted by Gasteiger charge is 2.37.